The molecule has 0 amide bonds. The van der Waals surface area contributed by atoms with Gasteiger partial charge in [0.05, 0.1) is 0 Å². The minimum atomic E-state index is -1.10. The number of fused-ring (bicyclic) bond motifs is 1. The number of hydrogen-bond acceptors (Lipinski definition) is 4. The largest absolute Gasteiger partial charge is 0.316 e. The molecule has 4 heteroatoms. The maximum Gasteiger partial charge on any atom is 0.209 e. The van der Waals surface area contributed by atoms with E-state index in [2.05, 4.69) is 0 Å². The Kier molecular flexibility index (Phi) is 1.79. The van der Waals surface area contributed by atoms with Crippen molar-refractivity contribution < 1.29 is 9.59 Å². The number of hydrogen-bond donors (Lipinski definition) is 2. The Morgan fingerprint density at radius 3 is 2.36 bits per heavy atom. The lowest BCUT2D eigenvalue weighted by Gasteiger charge is -2.19. The fourth-order valence-electron chi connectivity index (χ4n) is 1.48. The minimum absolute atomic E-state index is 0.282. The summed E-state index contributed by atoms with van der Waals surface area (Å²) in [6.45, 7) is 0. The zero-order valence-corrected chi connectivity index (χ0v) is 7.28. The van der Waals surface area contributed by atoms with Crippen LogP contribution in [0.5, 0.6) is 0 Å². The van der Waals surface area contributed by atoms with Gasteiger partial charge in [0.15, 0.2) is 5.78 Å². The van der Waals surface area contributed by atoms with Crippen LogP contribution in [0.15, 0.2) is 24.3 Å². The van der Waals surface area contributed by atoms with Gasteiger partial charge in [-0.15, -0.1) is 0 Å². The van der Waals surface area contributed by atoms with Gasteiger partial charge >= 0.3 is 0 Å². The van der Waals surface area contributed by atoms with E-state index in [9.17, 15) is 9.59 Å². The first-order chi connectivity index (χ1) is 6.63. The second kappa shape index (κ2) is 2.85. The second-order valence-electron chi connectivity index (χ2n) is 3.13. The van der Waals surface area contributed by atoms with Crippen LogP contribution in [0.2, 0.25) is 0 Å². The van der Waals surface area contributed by atoms with Gasteiger partial charge in [0.25, 0.3) is 0 Å². The van der Waals surface area contributed by atoms with Crippen molar-refractivity contribution in [2.45, 2.75) is 6.04 Å². The van der Waals surface area contributed by atoms with Gasteiger partial charge in [-0.25, -0.2) is 0 Å². The van der Waals surface area contributed by atoms with Crippen LogP contribution in [-0.4, -0.2) is 23.3 Å². The lowest BCUT2D eigenvalue weighted by atomic mass is 9.85. The first-order valence-corrected chi connectivity index (χ1v) is 4.15. The Balaban J connectivity index is 2.68. The van der Waals surface area contributed by atoms with Crippen LogP contribution in [0.4, 0.5) is 0 Å². The van der Waals surface area contributed by atoms with Crippen LogP contribution in [0.3, 0.4) is 0 Å². The number of Topliss-reactive ketones (excluding diaryl/α,β-unsaturated/α-hetero) is 2. The lowest BCUT2D eigenvalue weighted by Crippen LogP contribution is -2.46. The Bertz CT molecular complexity index is 451. The second-order valence-corrected chi connectivity index (χ2v) is 3.13. The number of benzene rings is 1. The van der Waals surface area contributed by atoms with Crippen molar-refractivity contribution in [1.82, 2.24) is 0 Å². The molecule has 4 nitrogen and oxygen atoms in total. The number of nitrogens with two attached hydrogens (primary N) is 1. The molecule has 0 bridgehead atoms. The van der Waals surface area contributed by atoms with E-state index in [1.807, 2.05) is 0 Å². The predicted molar refractivity (Wildman–Crippen MR) is 50.8 cm³/mol. The molecule has 70 valence electrons. The maximum absolute atomic E-state index is 11.6. The van der Waals surface area contributed by atoms with E-state index in [0.29, 0.717) is 5.56 Å². The highest BCUT2D eigenvalue weighted by Gasteiger charge is 2.34. The zero-order chi connectivity index (χ0) is 10.3. The molecular formula is C10H8N2O2. The molecule has 0 radical (unpaired) electrons. The fraction of sp³-hybridized carbons (Fsp3) is 0.100. The summed E-state index contributed by atoms with van der Waals surface area (Å²) in [4.78, 5) is 23.1. The van der Waals surface area contributed by atoms with Gasteiger partial charge in [-0.3, -0.25) is 15.0 Å². The summed E-state index contributed by atoms with van der Waals surface area (Å²) < 4.78 is 0. The third kappa shape index (κ3) is 1.01. The van der Waals surface area contributed by atoms with Gasteiger partial charge < -0.3 is 5.73 Å². The number of ketones is 2. The van der Waals surface area contributed by atoms with Crippen LogP contribution in [0.1, 0.15) is 20.7 Å². The number of nitrogens with one attached hydrogen (secondary N) is 1. The topological polar surface area (TPSA) is 84.0 Å². The van der Waals surface area contributed by atoms with Crippen LogP contribution >= 0.6 is 0 Å². The molecule has 0 heterocycles. The molecular weight excluding hydrogens is 180 g/mol. The third-order valence-corrected chi connectivity index (χ3v) is 2.28. The van der Waals surface area contributed by atoms with E-state index in [-0.39, 0.29) is 17.1 Å². The average molecular weight is 188 g/mol. The van der Waals surface area contributed by atoms with E-state index in [0.717, 1.165) is 0 Å². The monoisotopic (exact) mass is 188 g/mol. The number of rotatable bonds is 0. The zero-order valence-electron chi connectivity index (χ0n) is 7.28. The molecule has 3 N–H and O–H groups in total. The summed E-state index contributed by atoms with van der Waals surface area (Å²) in [5.74, 6) is -0.807. The van der Waals surface area contributed by atoms with Crippen molar-refractivity contribution in [1.29, 1.82) is 5.41 Å². The molecule has 1 unspecified atom stereocenters. The fourth-order valence-corrected chi connectivity index (χ4v) is 1.48. The summed E-state index contributed by atoms with van der Waals surface area (Å²) >= 11 is 0. The normalized spacial score (nSPS) is 20.9. The molecule has 1 aliphatic rings. The molecule has 0 aliphatic heterocycles. The molecule has 1 aromatic rings. The average Bonchev–Trinajstić information content (AvgIpc) is 2.23. The van der Waals surface area contributed by atoms with Gasteiger partial charge in [0.2, 0.25) is 5.78 Å². The Hall–Kier alpha value is -1.81. The Morgan fingerprint density at radius 2 is 1.71 bits per heavy atom. The molecule has 1 aliphatic carbocycles. The van der Waals surface area contributed by atoms with Gasteiger partial charge in [0.1, 0.15) is 11.8 Å². The molecule has 0 saturated carbocycles. The standard InChI is InChI=1S/C10H8N2O2/c11-7-8(12)10(14)6-4-2-1-3-5(6)9(7)13/h1-4,7,12H,11H2. The molecule has 2 rings (SSSR count). The molecule has 1 atom stereocenters. The summed E-state index contributed by atoms with van der Waals surface area (Å²) in [6.07, 6.45) is 0. The SMILES string of the molecule is N=C1C(=O)c2ccccc2C(=O)C1N. The van der Waals surface area contributed by atoms with E-state index in [4.69, 9.17) is 11.1 Å². The quantitative estimate of drug-likeness (QED) is 0.618. The summed E-state index contributed by atoms with van der Waals surface area (Å²) in [5.41, 5.74) is 5.71. The first kappa shape index (κ1) is 8.77. The van der Waals surface area contributed by atoms with Crippen molar-refractivity contribution in [2.24, 2.45) is 5.73 Å². The van der Waals surface area contributed by atoms with Crippen molar-refractivity contribution in [3.63, 3.8) is 0 Å². The molecule has 14 heavy (non-hydrogen) atoms. The highest BCUT2D eigenvalue weighted by molar-refractivity contribution is 6.54. The molecule has 0 saturated heterocycles. The summed E-state index contributed by atoms with van der Waals surface area (Å²) in [6, 6.07) is 5.33. The number of carbonyl (C=O) groups excluding carboxylic acids is 2. The van der Waals surface area contributed by atoms with Crippen molar-refractivity contribution in [3.05, 3.63) is 35.4 Å². The molecule has 1 aromatic carbocycles. The Morgan fingerprint density at radius 1 is 1.14 bits per heavy atom. The van der Waals surface area contributed by atoms with Crippen LogP contribution in [0.25, 0.3) is 0 Å². The lowest BCUT2D eigenvalue weighted by molar-refractivity contribution is 0.0948. The van der Waals surface area contributed by atoms with Gasteiger partial charge in [0, 0.05) is 11.1 Å². The first-order valence-electron chi connectivity index (χ1n) is 4.15. The van der Waals surface area contributed by atoms with Crippen molar-refractivity contribution >= 4 is 17.3 Å². The van der Waals surface area contributed by atoms with Crippen LogP contribution < -0.4 is 5.73 Å². The number of carbonyl (C=O) groups is 2. The highest BCUT2D eigenvalue weighted by atomic mass is 16.1. The van der Waals surface area contributed by atoms with E-state index < -0.39 is 11.8 Å². The third-order valence-electron chi connectivity index (χ3n) is 2.28. The molecule has 0 spiro atoms. The highest BCUT2D eigenvalue weighted by Crippen LogP contribution is 2.18. The van der Waals surface area contributed by atoms with E-state index in [1.165, 1.54) is 6.07 Å². The minimum Gasteiger partial charge on any atom is -0.316 e. The van der Waals surface area contributed by atoms with Gasteiger partial charge in [-0.2, -0.15) is 0 Å². The summed E-state index contributed by atoms with van der Waals surface area (Å²) in [7, 11) is 0. The van der Waals surface area contributed by atoms with E-state index >= 15 is 0 Å². The molecule has 0 aromatic heterocycles. The van der Waals surface area contributed by atoms with Crippen LogP contribution in [-0.2, 0) is 0 Å². The van der Waals surface area contributed by atoms with Crippen molar-refractivity contribution in [2.75, 3.05) is 0 Å². The predicted octanol–water partition coefficient (Wildman–Crippen LogP) is 0.413. The maximum atomic E-state index is 11.6. The van der Waals surface area contributed by atoms with Crippen LogP contribution in [0, 0.1) is 5.41 Å². The van der Waals surface area contributed by atoms with Crippen molar-refractivity contribution in [3.8, 4) is 0 Å². The van der Waals surface area contributed by atoms with Gasteiger partial charge in [-0.1, -0.05) is 24.3 Å². The van der Waals surface area contributed by atoms with E-state index in [1.54, 1.807) is 18.2 Å². The summed E-state index contributed by atoms with van der Waals surface area (Å²) in [5, 5.41) is 7.37. The Labute approximate surface area is 80.2 Å². The van der Waals surface area contributed by atoms with Gasteiger partial charge in [-0.05, 0) is 0 Å². The molecule has 0 fully saturated rings. The smallest absolute Gasteiger partial charge is 0.209 e.